The van der Waals surface area contributed by atoms with Crippen molar-refractivity contribution in [3.05, 3.63) is 218 Å². The molecule has 4 heterocycles. The van der Waals surface area contributed by atoms with Crippen LogP contribution < -0.4 is 16.1 Å². The number of nitrogens with zero attached hydrogens (tertiary/aromatic N) is 8. The third kappa shape index (κ3) is 11.8. The minimum atomic E-state index is -1.55. The maximum absolute atomic E-state index is 13.4. The van der Waals surface area contributed by atoms with Gasteiger partial charge in [0, 0.05) is 15.9 Å². The van der Waals surface area contributed by atoms with Crippen molar-refractivity contribution in [2.45, 2.75) is 39.1 Å². The number of hydrogen-bond acceptors (Lipinski definition) is 16. The number of fused-ring (bicyclic) bond motifs is 2. The van der Waals surface area contributed by atoms with Crippen molar-refractivity contribution in [2.24, 2.45) is 0 Å². The molecule has 2 aliphatic rings. The smallest absolute Gasteiger partial charge is 0.478 e. The number of rotatable bonds is 12. The summed E-state index contributed by atoms with van der Waals surface area (Å²) >= 11 is 3.57. The lowest BCUT2D eigenvalue weighted by Gasteiger charge is -2.29. The molecule has 8 aromatic rings. The SMILES string of the molecule is CC1=C(C(=O)OCc2ccccc2)C(c2ccccc2-c2ccc(C(=O)O)cc2)n2nnnc2N1.CC1=C(C(=O)OCc2ccccc2)C(c2ccccc2Br)n2nnnc2N1.O=C(O)c1ccc(B(O)O)cc1. The van der Waals surface area contributed by atoms with Crippen LogP contribution in [0.2, 0.25) is 0 Å². The van der Waals surface area contributed by atoms with Crippen LogP contribution in [0.3, 0.4) is 0 Å². The topological polar surface area (TPSA) is 279 Å². The van der Waals surface area contributed by atoms with E-state index in [1.165, 1.54) is 24.3 Å². The van der Waals surface area contributed by atoms with Crippen LogP contribution in [-0.4, -0.2) is 91.7 Å². The van der Waals surface area contributed by atoms with Gasteiger partial charge in [0.15, 0.2) is 0 Å². The Morgan fingerprint density at radius 1 is 0.568 bits per heavy atom. The number of nitrogens with one attached hydrogen (secondary N) is 2. The molecule has 2 aromatic heterocycles. The number of carboxylic acids is 2. The number of tetrazole rings is 2. The Kier molecular flexibility index (Phi) is 16.2. The van der Waals surface area contributed by atoms with Gasteiger partial charge in [0.05, 0.1) is 22.3 Å². The van der Waals surface area contributed by atoms with Gasteiger partial charge < -0.3 is 40.4 Å². The molecule has 22 heteroatoms. The number of hydrogen-bond donors (Lipinski definition) is 6. The van der Waals surface area contributed by atoms with Gasteiger partial charge in [-0.3, -0.25) is 0 Å². The van der Waals surface area contributed by atoms with Crippen LogP contribution in [0.25, 0.3) is 11.1 Å². The van der Waals surface area contributed by atoms with Crippen molar-refractivity contribution in [3.63, 3.8) is 0 Å². The van der Waals surface area contributed by atoms with E-state index in [1.54, 1.807) is 40.6 Å². The standard InChI is InChI=1S/C26H21N5O4.C19H16BrN5O2.C7H7BO4/c1-16-22(25(34)35-15-17-7-3-2-4-8-17)23(31-26(27-16)28-29-30-31)21-10-6-5-9-20(21)18-11-13-19(14-12-18)24(32)33;1-12-16(18(26)27-11-13-7-3-2-4-8-13)17(14-9-5-6-10-15(14)20)25-19(21-12)22-23-24-25;9-7(10)5-1-3-6(4-2-5)8(11)12/h2-14,23H,15H2,1H3,(H,32,33)(H,27,28,30);2-10,17H,11H2,1H3,(H,21,22,24);1-4,11-12H,(H,9,10). The number of esters is 2. The van der Waals surface area contributed by atoms with E-state index < -0.39 is 43.1 Å². The van der Waals surface area contributed by atoms with E-state index in [4.69, 9.17) is 24.6 Å². The number of allylic oxidation sites excluding steroid dienone is 2. The normalized spacial score (nSPS) is 14.3. The first-order valence-electron chi connectivity index (χ1n) is 22.6. The van der Waals surface area contributed by atoms with Crippen molar-refractivity contribution in [3.8, 4) is 11.1 Å². The molecule has 0 spiro atoms. The summed E-state index contributed by atoms with van der Waals surface area (Å²) in [6.45, 7) is 3.93. The molecule has 0 aliphatic carbocycles. The minimum Gasteiger partial charge on any atom is -0.478 e. The number of aromatic carboxylic acids is 2. The largest absolute Gasteiger partial charge is 0.488 e. The summed E-state index contributed by atoms with van der Waals surface area (Å²) in [5.74, 6) is -2.04. The number of aromatic nitrogens is 8. The second-order valence-electron chi connectivity index (χ2n) is 16.4. The number of carboxylic acid groups (broad SMARTS) is 2. The molecule has 0 radical (unpaired) electrons. The molecule has 2 aliphatic heterocycles. The van der Waals surface area contributed by atoms with Gasteiger partial charge >= 0.3 is 31.0 Å². The van der Waals surface area contributed by atoms with Gasteiger partial charge in [-0.2, -0.15) is 9.36 Å². The zero-order valence-electron chi connectivity index (χ0n) is 39.4. The van der Waals surface area contributed by atoms with Crippen LogP contribution in [0.5, 0.6) is 0 Å². The molecular formula is C52H44BBrN10O10. The molecule has 0 bridgehead atoms. The van der Waals surface area contributed by atoms with E-state index in [9.17, 15) is 24.3 Å². The average Bonchev–Trinajstić information content (AvgIpc) is 4.10. The first-order chi connectivity index (χ1) is 35.8. The monoisotopic (exact) mass is 1060 g/mol. The van der Waals surface area contributed by atoms with Crippen LogP contribution in [0.1, 0.15) is 68.9 Å². The van der Waals surface area contributed by atoms with Gasteiger partial charge in [0.2, 0.25) is 11.9 Å². The Balaban J connectivity index is 0.000000165. The van der Waals surface area contributed by atoms with Crippen molar-refractivity contribution < 1.29 is 48.9 Å². The molecule has 0 amide bonds. The highest BCUT2D eigenvalue weighted by atomic mass is 79.9. The third-order valence-electron chi connectivity index (χ3n) is 11.6. The van der Waals surface area contributed by atoms with Crippen molar-refractivity contribution in [1.82, 2.24) is 40.4 Å². The van der Waals surface area contributed by atoms with Crippen LogP contribution in [0, 0.1) is 0 Å². The summed E-state index contributed by atoms with van der Waals surface area (Å²) < 4.78 is 15.3. The van der Waals surface area contributed by atoms with Crippen LogP contribution >= 0.6 is 15.9 Å². The summed E-state index contributed by atoms with van der Waals surface area (Å²) in [5, 5.41) is 65.0. The van der Waals surface area contributed by atoms with Gasteiger partial charge in [-0.05, 0) is 104 Å². The number of anilines is 2. The van der Waals surface area contributed by atoms with Gasteiger partial charge in [-0.25, -0.2) is 19.2 Å². The molecule has 2 atom stereocenters. The lowest BCUT2D eigenvalue weighted by molar-refractivity contribution is -0.141. The highest BCUT2D eigenvalue weighted by Crippen LogP contribution is 2.40. The molecule has 0 saturated carbocycles. The molecular weight excluding hydrogens is 1020 g/mol. The first-order valence-corrected chi connectivity index (χ1v) is 23.4. The van der Waals surface area contributed by atoms with E-state index in [1.807, 2.05) is 116 Å². The molecule has 6 aromatic carbocycles. The molecule has 0 saturated heterocycles. The summed E-state index contributed by atoms with van der Waals surface area (Å²) in [4.78, 5) is 48.0. The van der Waals surface area contributed by atoms with Gasteiger partial charge in [-0.1, -0.05) is 154 Å². The Morgan fingerprint density at radius 2 is 0.986 bits per heavy atom. The van der Waals surface area contributed by atoms with Crippen molar-refractivity contribution in [1.29, 1.82) is 0 Å². The molecule has 0 fully saturated rings. The Labute approximate surface area is 430 Å². The van der Waals surface area contributed by atoms with E-state index in [2.05, 4.69) is 57.6 Å². The van der Waals surface area contributed by atoms with Gasteiger partial charge in [0.25, 0.3) is 0 Å². The number of ether oxygens (including phenoxy) is 2. The third-order valence-corrected chi connectivity index (χ3v) is 12.4. The highest BCUT2D eigenvalue weighted by molar-refractivity contribution is 9.10. The van der Waals surface area contributed by atoms with Gasteiger partial charge in [0.1, 0.15) is 25.3 Å². The zero-order chi connectivity index (χ0) is 52.3. The van der Waals surface area contributed by atoms with E-state index in [0.29, 0.717) is 34.4 Å². The Hall–Kier alpha value is -9.12. The van der Waals surface area contributed by atoms with E-state index >= 15 is 0 Å². The fraction of sp³-hybridized carbons (Fsp3) is 0.115. The Bertz CT molecular complexity index is 3370. The fourth-order valence-corrected chi connectivity index (χ4v) is 8.52. The first kappa shape index (κ1) is 51.2. The molecule has 10 rings (SSSR count). The maximum atomic E-state index is 13.4. The summed E-state index contributed by atoms with van der Waals surface area (Å²) in [6.07, 6.45) is 0. The molecule has 20 nitrogen and oxygen atoms in total. The summed E-state index contributed by atoms with van der Waals surface area (Å²) in [7, 11) is -1.55. The lowest BCUT2D eigenvalue weighted by atomic mass is 9.80. The number of carbonyl (C=O) groups is 4. The second kappa shape index (κ2) is 23.4. The summed E-state index contributed by atoms with van der Waals surface area (Å²) in [6, 6.07) is 45.1. The molecule has 74 heavy (non-hydrogen) atoms. The van der Waals surface area contributed by atoms with E-state index in [-0.39, 0.29) is 29.8 Å². The number of carbonyl (C=O) groups excluding carboxylic acids is 2. The highest BCUT2D eigenvalue weighted by Gasteiger charge is 2.37. The predicted molar refractivity (Wildman–Crippen MR) is 273 cm³/mol. The molecule has 6 N–H and O–H groups in total. The summed E-state index contributed by atoms with van der Waals surface area (Å²) in [5.41, 5.74) is 7.77. The van der Waals surface area contributed by atoms with Crippen LogP contribution in [0.15, 0.2) is 185 Å². The lowest BCUT2D eigenvalue weighted by Crippen LogP contribution is -2.30. The van der Waals surface area contributed by atoms with Crippen LogP contribution in [0.4, 0.5) is 11.9 Å². The van der Waals surface area contributed by atoms with Gasteiger partial charge in [-0.15, -0.1) is 0 Å². The molecule has 372 valence electrons. The zero-order valence-corrected chi connectivity index (χ0v) is 40.9. The quantitative estimate of drug-likeness (QED) is 0.0555. The number of benzene rings is 6. The minimum absolute atomic E-state index is 0.124. The number of halogens is 1. The maximum Gasteiger partial charge on any atom is 0.488 e. The Morgan fingerprint density at radius 3 is 1.45 bits per heavy atom. The van der Waals surface area contributed by atoms with Crippen LogP contribution in [-0.2, 0) is 32.3 Å². The van der Waals surface area contributed by atoms with Crippen molar-refractivity contribution >= 4 is 64.3 Å². The van der Waals surface area contributed by atoms with Crippen molar-refractivity contribution in [2.75, 3.05) is 10.6 Å². The second-order valence-corrected chi connectivity index (χ2v) is 17.3. The predicted octanol–water partition coefficient (Wildman–Crippen LogP) is 6.60. The average molecular weight is 1060 g/mol. The fourth-order valence-electron chi connectivity index (χ4n) is 8.02. The van der Waals surface area contributed by atoms with E-state index in [0.717, 1.165) is 37.9 Å². The molecule has 2 unspecified atom stereocenters.